The number of hydrogen-bond donors (Lipinski definition) is 1. The van der Waals surface area contributed by atoms with E-state index in [0.29, 0.717) is 0 Å². The summed E-state index contributed by atoms with van der Waals surface area (Å²) in [7, 11) is 0. The summed E-state index contributed by atoms with van der Waals surface area (Å²) in [5.74, 6) is 0. The standard InChI is InChI=1S/C11H12N2.ClH/c12-11(13-8-4-5-9-13)10-6-2-1-3-7-10;/h1-9,11H,12H2;1H. The predicted octanol–water partition coefficient (Wildman–Crippen LogP) is 2.42. The van der Waals surface area contributed by atoms with Crippen LogP contribution >= 0.6 is 12.4 Å². The highest BCUT2D eigenvalue weighted by Gasteiger charge is 2.04. The van der Waals surface area contributed by atoms with Crippen molar-refractivity contribution in [3.8, 4) is 0 Å². The van der Waals surface area contributed by atoms with E-state index in [0.717, 1.165) is 5.56 Å². The molecular formula is C11H13ClN2. The minimum atomic E-state index is -0.0730. The fraction of sp³-hybridized carbons (Fsp3) is 0.0909. The van der Waals surface area contributed by atoms with Crippen molar-refractivity contribution in [2.75, 3.05) is 0 Å². The van der Waals surface area contributed by atoms with Crippen molar-refractivity contribution in [1.82, 2.24) is 4.57 Å². The molecule has 2 N–H and O–H groups in total. The number of benzene rings is 1. The minimum absolute atomic E-state index is 0. The van der Waals surface area contributed by atoms with E-state index < -0.39 is 0 Å². The molecule has 1 heterocycles. The Labute approximate surface area is 89.8 Å². The maximum atomic E-state index is 6.02. The van der Waals surface area contributed by atoms with Gasteiger partial charge in [-0.3, -0.25) is 0 Å². The van der Waals surface area contributed by atoms with Crippen LogP contribution in [0.1, 0.15) is 11.7 Å². The number of rotatable bonds is 2. The molecule has 2 nitrogen and oxygen atoms in total. The average Bonchev–Trinajstić information content (AvgIpc) is 2.71. The molecule has 1 aromatic heterocycles. The van der Waals surface area contributed by atoms with Gasteiger partial charge >= 0.3 is 0 Å². The lowest BCUT2D eigenvalue weighted by Gasteiger charge is -2.13. The fourth-order valence-electron chi connectivity index (χ4n) is 1.36. The molecule has 0 spiro atoms. The lowest BCUT2D eigenvalue weighted by Crippen LogP contribution is -2.17. The molecule has 0 aliphatic heterocycles. The third kappa shape index (κ3) is 2.16. The molecule has 0 amide bonds. The highest BCUT2D eigenvalue weighted by atomic mass is 35.5. The van der Waals surface area contributed by atoms with Crippen LogP contribution in [-0.4, -0.2) is 4.57 Å². The predicted molar refractivity (Wildman–Crippen MR) is 60.4 cm³/mol. The molecule has 3 heteroatoms. The number of nitrogens with two attached hydrogens (primary N) is 1. The van der Waals surface area contributed by atoms with Gasteiger partial charge in [-0.15, -0.1) is 12.4 Å². The van der Waals surface area contributed by atoms with Crippen LogP contribution in [0.5, 0.6) is 0 Å². The van der Waals surface area contributed by atoms with Gasteiger partial charge in [0, 0.05) is 12.4 Å². The van der Waals surface area contributed by atoms with Crippen LogP contribution in [0, 0.1) is 0 Å². The first kappa shape index (κ1) is 10.8. The fourth-order valence-corrected chi connectivity index (χ4v) is 1.36. The van der Waals surface area contributed by atoms with E-state index in [9.17, 15) is 0 Å². The van der Waals surface area contributed by atoms with Crippen molar-refractivity contribution < 1.29 is 0 Å². The monoisotopic (exact) mass is 208 g/mol. The molecule has 0 saturated heterocycles. The van der Waals surface area contributed by atoms with Gasteiger partial charge in [0.15, 0.2) is 0 Å². The van der Waals surface area contributed by atoms with Crippen molar-refractivity contribution in [2.45, 2.75) is 6.17 Å². The van der Waals surface area contributed by atoms with Gasteiger partial charge in [-0.1, -0.05) is 30.3 Å². The van der Waals surface area contributed by atoms with Crippen LogP contribution < -0.4 is 5.73 Å². The second-order valence-electron chi connectivity index (χ2n) is 2.99. The van der Waals surface area contributed by atoms with Crippen LogP contribution in [0.4, 0.5) is 0 Å². The molecule has 0 saturated carbocycles. The Kier molecular flexibility index (Phi) is 3.74. The summed E-state index contributed by atoms with van der Waals surface area (Å²) in [5.41, 5.74) is 7.15. The number of nitrogens with zero attached hydrogens (tertiary/aromatic N) is 1. The van der Waals surface area contributed by atoms with Crippen molar-refractivity contribution in [3.63, 3.8) is 0 Å². The zero-order valence-electron chi connectivity index (χ0n) is 7.71. The van der Waals surface area contributed by atoms with Crippen LogP contribution in [-0.2, 0) is 0 Å². The SMILES string of the molecule is Cl.NC(c1ccccc1)n1cccc1. The van der Waals surface area contributed by atoms with Gasteiger partial charge in [0.1, 0.15) is 6.17 Å². The Morgan fingerprint density at radius 3 is 2.07 bits per heavy atom. The van der Waals surface area contributed by atoms with Gasteiger partial charge in [-0.2, -0.15) is 0 Å². The first-order chi connectivity index (χ1) is 6.38. The Morgan fingerprint density at radius 1 is 0.929 bits per heavy atom. The summed E-state index contributed by atoms with van der Waals surface area (Å²) in [6, 6.07) is 14.0. The largest absolute Gasteiger partial charge is 0.335 e. The van der Waals surface area contributed by atoms with Gasteiger partial charge < -0.3 is 10.3 Å². The maximum Gasteiger partial charge on any atom is 0.107 e. The topological polar surface area (TPSA) is 30.9 Å². The molecule has 0 radical (unpaired) electrons. The van der Waals surface area contributed by atoms with E-state index in [4.69, 9.17) is 5.73 Å². The smallest absolute Gasteiger partial charge is 0.107 e. The van der Waals surface area contributed by atoms with E-state index in [1.54, 1.807) is 0 Å². The third-order valence-corrected chi connectivity index (χ3v) is 2.09. The summed E-state index contributed by atoms with van der Waals surface area (Å²) in [6.45, 7) is 0. The summed E-state index contributed by atoms with van der Waals surface area (Å²) in [4.78, 5) is 0. The Balaban J connectivity index is 0.000000980. The van der Waals surface area contributed by atoms with Crippen LogP contribution in [0.15, 0.2) is 54.9 Å². The number of halogens is 1. The van der Waals surface area contributed by atoms with E-state index in [2.05, 4.69) is 0 Å². The average molecular weight is 209 g/mol. The van der Waals surface area contributed by atoms with E-state index in [1.807, 2.05) is 59.4 Å². The van der Waals surface area contributed by atoms with Crippen LogP contribution in [0.25, 0.3) is 0 Å². The van der Waals surface area contributed by atoms with Crippen molar-refractivity contribution >= 4 is 12.4 Å². The number of aromatic nitrogens is 1. The molecule has 0 bridgehead atoms. The normalized spacial score (nSPS) is 11.8. The Morgan fingerprint density at radius 2 is 1.50 bits per heavy atom. The maximum absolute atomic E-state index is 6.02. The second-order valence-corrected chi connectivity index (χ2v) is 2.99. The van der Waals surface area contributed by atoms with Gasteiger partial charge in [-0.25, -0.2) is 0 Å². The Bertz CT molecular complexity index is 356. The number of hydrogen-bond acceptors (Lipinski definition) is 1. The molecule has 2 rings (SSSR count). The quantitative estimate of drug-likeness (QED) is 0.808. The molecule has 14 heavy (non-hydrogen) atoms. The molecule has 2 aromatic rings. The van der Waals surface area contributed by atoms with E-state index in [-0.39, 0.29) is 18.6 Å². The molecule has 1 aromatic carbocycles. The first-order valence-electron chi connectivity index (χ1n) is 4.31. The summed E-state index contributed by atoms with van der Waals surface area (Å²) in [6.07, 6.45) is 3.87. The molecule has 0 fully saturated rings. The van der Waals surface area contributed by atoms with Crippen molar-refractivity contribution in [3.05, 3.63) is 60.4 Å². The zero-order chi connectivity index (χ0) is 9.10. The lowest BCUT2D eigenvalue weighted by molar-refractivity contribution is 0.614. The summed E-state index contributed by atoms with van der Waals surface area (Å²) in [5, 5.41) is 0. The van der Waals surface area contributed by atoms with Crippen LogP contribution in [0.2, 0.25) is 0 Å². The Hall–Kier alpha value is -1.25. The van der Waals surface area contributed by atoms with E-state index in [1.165, 1.54) is 0 Å². The third-order valence-electron chi connectivity index (χ3n) is 2.09. The highest BCUT2D eigenvalue weighted by molar-refractivity contribution is 5.85. The second kappa shape index (κ2) is 4.84. The first-order valence-corrected chi connectivity index (χ1v) is 4.31. The molecule has 0 aliphatic rings. The zero-order valence-corrected chi connectivity index (χ0v) is 8.52. The molecule has 0 aliphatic carbocycles. The van der Waals surface area contributed by atoms with E-state index >= 15 is 0 Å². The molecule has 1 atom stereocenters. The lowest BCUT2D eigenvalue weighted by atomic mass is 10.2. The summed E-state index contributed by atoms with van der Waals surface area (Å²) < 4.78 is 1.98. The van der Waals surface area contributed by atoms with Gasteiger partial charge in [0.2, 0.25) is 0 Å². The van der Waals surface area contributed by atoms with Gasteiger partial charge in [-0.05, 0) is 17.7 Å². The minimum Gasteiger partial charge on any atom is -0.335 e. The van der Waals surface area contributed by atoms with Crippen molar-refractivity contribution in [2.24, 2.45) is 5.73 Å². The van der Waals surface area contributed by atoms with Gasteiger partial charge in [0.25, 0.3) is 0 Å². The molecule has 74 valence electrons. The van der Waals surface area contributed by atoms with Crippen LogP contribution in [0.3, 0.4) is 0 Å². The summed E-state index contributed by atoms with van der Waals surface area (Å²) >= 11 is 0. The van der Waals surface area contributed by atoms with Crippen molar-refractivity contribution in [1.29, 1.82) is 0 Å². The van der Waals surface area contributed by atoms with Gasteiger partial charge in [0.05, 0.1) is 0 Å². The molecular weight excluding hydrogens is 196 g/mol. The molecule has 1 unspecified atom stereocenters. The highest BCUT2D eigenvalue weighted by Crippen LogP contribution is 2.11.